The summed E-state index contributed by atoms with van der Waals surface area (Å²) in [4.78, 5) is 22.8. The molecule has 0 saturated carbocycles. The van der Waals surface area contributed by atoms with Crippen molar-refractivity contribution >= 4 is 27.6 Å². The zero-order valence-corrected chi connectivity index (χ0v) is 19.4. The molecule has 1 heterocycles. The highest BCUT2D eigenvalue weighted by atomic mass is 32.2. The van der Waals surface area contributed by atoms with Gasteiger partial charge in [-0.05, 0) is 24.1 Å². The first-order chi connectivity index (χ1) is 16.4. The molecule has 192 valence electrons. The Bertz CT molecular complexity index is 1060. The van der Waals surface area contributed by atoms with Gasteiger partial charge in [0.15, 0.2) is 0 Å². The van der Waals surface area contributed by atoms with Gasteiger partial charge in [0.2, 0.25) is 15.9 Å². The number of rotatable bonds is 7. The number of carbonyl (C=O) groups is 2. The van der Waals surface area contributed by atoms with Gasteiger partial charge in [-0.3, -0.25) is 10.0 Å². The molecule has 0 bridgehead atoms. The van der Waals surface area contributed by atoms with Crippen molar-refractivity contribution < 1.29 is 41.5 Å². The van der Waals surface area contributed by atoms with Crippen LogP contribution in [-0.2, 0) is 26.0 Å². The number of piperazine rings is 1. The topological polar surface area (TPSA) is 127 Å². The van der Waals surface area contributed by atoms with Crippen LogP contribution in [0.2, 0.25) is 0 Å². The third kappa shape index (κ3) is 8.53. The monoisotopic (exact) mass is 517 g/mol. The summed E-state index contributed by atoms with van der Waals surface area (Å²) in [5.74, 6) is -3.46. The molecule has 1 aliphatic heterocycles. The van der Waals surface area contributed by atoms with Crippen LogP contribution in [0.5, 0.6) is 0 Å². The van der Waals surface area contributed by atoms with Crippen molar-refractivity contribution in [2.75, 3.05) is 31.1 Å². The lowest BCUT2D eigenvalue weighted by Crippen LogP contribution is -2.52. The number of hydrogen-bond acceptors (Lipinski definition) is 6. The van der Waals surface area contributed by atoms with Gasteiger partial charge in [-0.2, -0.15) is 17.5 Å². The molecule has 1 unspecified atom stereocenters. The van der Waals surface area contributed by atoms with Crippen molar-refractivity contribution in [2.24, 2.45) is 0 Å². The summed E-state index contributed by atoms with van der Waals surface area (Å²) in [6, 6.07) is 19.1. The van der Waals surface area contributed by atoms with Crippen LogP contribution in [-0.4, -0.2) is 72.5 Å². The lowest BCUT2D eigenvalue weighted by atomic mass is 10.1. The first-order valence-electron chi connectivity index (χ1n) is 10.5. The Balaban J connectivity index is 0.000000540. The number of halogens is 3. The Kier molecular flexibility index (Phi) is 10.0. The summed E-state index contributed by atoms with van der Waals surface area (Å²) in [6.07, 6.45) is -5.15. The third-order valence-electron chi connectivity index (χ3n) is 5.23. The number of sulfonamides is 1. The first kappa shape index (κ1) is 28.1. The maximum Gasteiger partial charge on any atom is 0.490 e. The Morgan fingerprint density at radius 3 is 1.89 bits per heavy atom. The van der Waals surface area contributed by atoms with E-state index in [4.69, 9.17) is 15.1 Å². The third-order valence-corrected chi connectivity index (χ3v) is 7.49. The summed E-state index contributed by atoms with van der Waals surface area (Å²) in [6.45, 7) is 1.91. The van der Waals surface area contributed by atoms with Crippen molar-refractivity contribution in [3.8, 4) is 0 Å². The van der Waals surface area contributed by atoms with E-state index in [9.17, 15) is 26.4 Å². The molecule has 3 N–H and O–H groups in total. The number of hydroxylamine groups is 1. The lowest BCUT2D eigenvalue weighted by Gasteiger charge is -2.37. The van der Waals surface area contributed by atoms with E-state index in [-0.39, 0.29) is 12.8 Å². The molecule has 0 spiro atoms. The van der Waals surface area contributed by atoms with Crippen LogP contribution < -0.4 is 10.4 Å². The largest absolute Gasteiger partial charge is 0.490 e. The highest BCUT2D eigenvalue weighted by Gasteiger charge is 2.38. The van der Waals surface area contributed by atoms with Gasteiger partial charge in [0.05, 0.1) is 5.25 Å². The summed E-state index contributed by atoms with van der Waals surface area (Å²) >= 11 is 0. The minimum atomic E-state index is -5.08. The Morgan fingerprint density at radius 2 is 1.43 bits per heavy atom. The van der Waals surface area contributed by atoms with Gasteiger partial charge in [0.1, 0.15) is 0 Å². The predicted molar refractivity (Wildman–Crippen MR) is 121 cm³/mol. The summed E-state index contributed by atoms with van der Waals surface area (Å²) < 4.78 is 59.7. The fraction of sp³-hybridized carbons (Fsp3) is 0.364. The second-order valence-electron chi connectivity index (χ2n) is 7.62. The highest BCUT2D eigenvalue weighted by molar-refractivity contribution is 7.89. The van der Waals surface area contributed by atoms with Crippen LogP contribution in [0, 0.1) is 0 Å². The second-order valence-corrected chi connectivity index (χ2v) is 9.83. The molecule has 1 saturated heterocycles. The minimum absolute atomic E-state index is 0.218. The van der Waals surface area contributed by atoms with Gasteiger partial charge in [-0.25, -0.2) is 18.7 Å². The molecule has 0 radical (unpaired) electrons. The maximum atomic E-state index is 13.2. The zero-order valence-electron chi connectivity index (χ0n) is 18.6. The van der Waals surface area contributed by atoms with E-state index in [2.05, 4.69) is 4.90 Å². The van der Waals surface area contributed by atoms with Gasteiger partial charge in [0, 0.05) is 38.3 Å². The highest BCUT2D eigenvalue weighted by Crippen LogP contribution is 2.22. The number of hydrogen-bond donors (Lipinski definition) is 3. The molecule has 1 aliphatic rings. The number of benzene rings is 2. The molecule has 1 amide bonds. The quantitative estimate of drug-likeness (QED) is 0.380. The smallest absolute Gasteiger partial charge is 0.475 e. The molecular formula is C22H26F3N3O6S. The normalized spacial score (nSPS) is 15.5. The Hall–Kier alpha value is -3.16. The molecule has 13 heteroatoms. The summed E-state index contributed by atoms with van der Waals surface area (Å²) in [5, 5.41) is 15.1. The zero-order chi connectivity index (χ0) is 26.1. The van der Waals surface area contributed by atoms with Gasteiger partial charge in [0.25, 0.3) is 0 Å². The molecule has 2 aromatic carbocycles. The fourth-order valence-corrected chi connectivity index (χ4v) is 5.32. The average Bonchev–Trinajstić information content (AvgIpc) is 2.84. The average molecular weight is 518 g/mol. The van der Waals surface area contributed by atoms with E-state index < -0.39 is 33.3 Å². The number of carbonyl (C=O) groups excluding carboxylic acids is 1. The molecule has 9 nitrogen and oxygen atoms in total. The van der Waals surface area contributed by atoms with Crippen molar-refractivity contribution in [1.29, 1.82) is 0 Å². The molecule has 3 rings (SSSR count). The number of carboxylic acid groups (broad SMARTS) is 1. The molecule has 0 aromatic heterocycles. The number of nitrogens with one attached hydrogen (secondary N) is 1. The number of alkyl halides is 3. The molecule has 1 fully saturated rings. The van der Waals surface area contributed by atoms with Crippen LogP contribution in [0.25, 0.3) is 0 Å². The van der Waals surface area contributed by atoms with E-state index in [1.807, 2.05) is 60.7 Å². The van der Waals surface area contributed by atoms with Crippen LogP contribution in [0.3, 0.4) is 0 Å². The molecular weight excluding hydrogens is 491 g/mol. The number of nitrogens with zero attached hydrogens (tertiary/aromatic N) is 2. The number of amides is 1. The summed E-state index contributed by atoms with van der Waals surface area (Å²) in [5.41, 5.74) is 3.46. The second kappa shape index (κ2) is 12.5. The maximum absolute atomic E-state index is 13.2. The van der Waals surface area contributed by atoms with E-state index in [1.165, 1.54) is 4.31 Å². The van der Waals surface area contributed by atoms with Gasteiger partial charge in [-0.15, -0.1) is 0 Å². The van der Waals surface area contributed by atoms with Gasteiger partial charge >= 0.3 is 12.1 Å². The number of carboxylic acids is 1. The van der Waals surface area contributed by atoms with E-state index in [0.717, 1.165) is 11.3 Å². The van der Waals surface area contributed by atoms with E-state index in [0.29, 0.717) is 26.2 Å². The summed E-state index contributed by atoms with van der Waals surface area (Å²) in [7, 11) is -3.70. The minimum Gasteiger partial charge on any atom is -0.475 e. The predicted octanol–water partition coefficient (Wildman–Crippen LogP) is 2.28. The molecule has 1 atom stereocenters. The van der Waals surface area contributed by atoms with Crippen molar-refractivity contribution in [3.05, 3.63) is 66.2 Å². The van der Waals surface area contributed by atoms with Gasteiger partial charge in [-0.1, -0.05) is 48.5 Å². The molecule has 2 aromatic rings. The van der Waals surface area contributed by atoms with E-state index in [1.54, 1.807) is 5.48 Å². The van der Waals surface area contributed by atoms with Gasteiger partial charge < -0.3 is 10.0 Å². The SMILES string of the molecule is O=C(CC(Cc1ccccc1)S(=O)(=O)N1CCN(c2ccccc2)CC1)NO.O=C(O)C(F)(F)F. The van der Waals surface area contributed by atoms with Crippen LogP contribution in [0.1, 0.15) is 12.0 Å². The van der Waals surface area contributed by atoms with Crippen LogP contribution in [0.4, 0.5) is 18.9 Å². The molecule has 35 heavy (non-hydrogen) atoms. The van der Waals surface area contributed by atoms with Crippen molar-refractivity contribution in [3.63, 3.8) is 0 Å². The standard InChI is InChI=1S/C20H25N3O4S.C2HF3O2/c24-20(21-25)16-19(15-17-7-3-1-4-8-17)28(26,27)23-13-11-22(12-14-23)18-9-5-2-6-10-18;3-2(4,5)1(6)7/h1-10,19,25H,11-16H2,(H,21,24);(H,6,7). The first-order valence-corrected chi connectivity index (χ1v) is 12.0. The van der Waals surface area contributed by atoms with Crippen molar-refractivity contribution in [1.82, 2.24) is 9.79 Å². The fourth-order valence-electron chi connectivity index (χ4n) is 3.46. The number of anilines is 1. The van der Waals surface area contributed by atoms with Crippen LogP contribution in [0.15, 0.2) is 60.7 Å². The Labute approximate surface area is 200 Å². The van der Waals surface area contributed by atoms with Crippen LogP contribution >= 0.6 is 0 Å². The number of aliphatic carboxylic acids is 1. The number of para-hydroxylation sites is 1. The molecule has 0 aliphatic carbocycles. The van der Waals surface area contributed by atoms with Crippen molar-refractivity contribution in [2.45, 2.75) is 24.3 Å². The Morgan fingerprint density at radius 1 is 0.943 bits per heavy atom. The van der Waals surface area contributed by atoms with E-state index >= 15 is 0 Å². The lowest BCUT2D eigenvalue weighted by molar-refractivity contribution is -0.192.